The summed E-state index contributed by atoms with van der Waals surface area (Å²) >= 11 is 0. The fraction of sp³-hybridized carbons (Fsp3) is 0.467. The standard InChI is InChI=1S/C15H19N3O/c1-10-7-8-19-14(10)15-17-12(9-13(16-2)18-15)11-5-3-4-6-11/h7-9,11H,3-6H2,1-2H3,(H,16,17,18). The van der Waals surface area contributed by atoms with E-state index in [9.17, 15) is 0 Å². The van der Waals surface area contributed by atoms with Crippen LogP contribution in [-0.4, -0.2) is 17.0 Å². The second-order valence-electron chi connectivity index (χ2n) is 5.17. The van der Waals surface area contributed by atoms with E-state index in [1.807, 2.05) is 20.0 Å². The van der Waals surface area contributed by atoms with E-state index in [0.717, 1.165) is 22.8 Å². The van der Waals surface area contributed by atoms with Gasteiger partial charge in [-0.25, -0.2) is 9.97 Å². The van der Waals surface area contributed by atoms with Gasteiger partial charge in [0, 0.05) is 24.7 Å². The first-order valence-corrected chi connectivity index (χ1v) is 6.89. The van der Waals surface area contributed by atoms with Crippen LogP contribution in [0.25, 0.3) is 11.6 Å². The van der Waals surface area contributed by atoms with E-state index in [2.05, 4.69) is 16.4 Å². The number of hydrogen-bond donors (Lipinski definition) is 1. The molecule has 0 aromatic carbocycles. The lowest BCUT2D eigenvalue weighted by Gasteiger charge is -2.11. The summed E-state index contributed by atoms with van der Waals surface area (Å²) in [5, 5.41) is 3.12. The van der Waals surface area contributed by atoms with Crippen molar-refractivity contribution in [3.63, 3.8) is 0 Å². The molecule has 0 atom stereocenters. The Bertz CT molecular complexity index is 571. The van der Waals surface area contributed by atoms with E-state index in [-0.39, 0.29) is 0 Å². The molecular formula is C15H19N3O. The summed E-state index contributed by atoms with van der Waals surface area (Å²) in [6.45, 7) is 2.02. The minimum absolute atomic E-state index is 0.573. The van der Waals surface area contributed by atoms with Gasteiger partial charge in [0.2, 0.25) is 0 Å². The molecule has 4 heteroatoms. The van der Waals surface area contributed by atoms with Crippen LogP contribution < -0.4 is 5.32 Å². The Morgan fingerprint density at radius 3 is 2.68 bits per heavy atom. The Morgan fingerprint density at radius 2 is 2.05 bits per heavy atom. The maximum atomic E-state index is 5.51. The summed E-state index contributed by atoms with van der Waals surface area (Å²) in [6.07, 6.45) is 6.76. The molecule has 2 aromatic heterocycles. The molecule has 100 valence electrons. The lowest BCUT2D eigenvalue weighted by Crippen LogP contribution is -2.03. The van der Waals surface area contributed by atoms with Crippen LogP contribution in [0.4, 0.5) is 5.82 Å². The minimum atomic E-state index is 0.573. The van der Waals surface area contributed by atoms with Crippen LogP contribution in [0.3, 0.4) is 0 Å². The number of nitrogens with one attached hydrogen (secondary N) is 1. The highest BCUT2D eigenvalue weighted by Crippen LogP contribution is 2.35. The molecule has 0 aliphatic heterocycles. The zero-order valence-electron chi connectivity index (χ0n) is 11.4. The summed E-state index contributed by atoms with van der Waals surface area (Å²) < 4.78 is 5.51. The molecule has 0 radical (unpaired) electrons. The Hall–Kier alpha value is -1.84. The average Bonchev–Trinajstić information content (AvgIpc) is 3.09. The van der Waals surface area contributed by atoms with Crippen LogP contribution in [0, 0.1) is 6.92 Å². The van der Waals surface area contributed by atoms with Gasteiger partial charge in [-0.1, -0.05) is 12.8 Å². The minimum Gasteiger partial charge on any atom is -0.461 e. The number of aromatic nitrogens is 2. The van der Waals surface area contributed by atoms with E-state index >= 15 is 0 Å². The summed E-state index contributed by atoms with van der Waals surface area (Å²) in [5.74, 6) is 2.90. The first-order chi connectivity index (χ1) is 9.28. The van der Waals surface area contributed by atoms with Crippen LogP contribution in [0.2, 0.25) is 0 Å². The molecule has 0 saturated heterocycles. The maximum absolute atomic E-state index is 5.51. The quantitative estimate of drug-likeness (QED) is 0.910. The topological polar surface area (TPSA) is 51.0 Å². The SMILES string of the molecule is CNc1cc(C2CCCC2)nc(-c2occc2C)n1. The lowest BCUT2D eigenvalue weighted by atomic mass is 10.0. The van der Waals surface area contributed by atoms with Gasteiger partial charge in [-0.2, -0.15) is 0 Å². The highest BCUT2D eigenvalue weighted by atomic mass is 16.3. The van der Waals surface area contributed by atoms with E-state index in [4.69, 9.17) is 9.40 Å². The molecule has 2 aromatic rings. The zero-order valence-corrected chi connectivity index (χ0v) is 11.4. The lowest BCUT2D eigenvalue weighted by molar-refractivity contribution is 0.574. The number of rotatable bonds is 3. The fourth-order valence-corrected chi connectivity index (χ4v) is 2.73. The van der Waals surface area contributed by atoms with E-state index in [1.165, 1.54) is 25.7 Å². The van der Waals surface area contributed by atoms with Gasteiger partial charge in [0.15, 0.2) is 11.6 Å². The summed E-state index contributed by atoms with van der Waals surface area (Å²) in [7, 11) is 1.89. The molecule has 4 nitrogen and oxygen atoms in total. The molecule has 0 amide bonds. The molecule has 0 unspecified atom stereocenters. The molecule has 1 aliphatic carbocycles. The van der Waals surface area contributed by atoms with Crippen LogP contribution in [0.1, 0.15) is 42.9 Å². The van der Waals surface area contributed by atoms with Gasteiger partial charge in [0.25, 0.3) is 0 Å². The smallest absolute Gasteiger partial charge is 0.198 e. The highest BCUT2D eigenvalue weighted by molar-refractivity contribution is 5.55. The maximum Gasteiger partial charge on any atom is 0.198 e. The van der Waals surface area contributed by atoms with Gasteiger partial charge in [-0.3, -0.25) is 0 Å². The Kier molecular flexibility index (Phi) is 3.23. The van der Waals surface area contributed by atoms with Crippen molar-refractivity contribution in [3.05, 3.63) is 29.7 Å². The Balaban J connectivity index is 2.04. The predicted molar refractivity (Wildman–Crippen MR) is 75.2 cm³/mol. The largest absolute Gasteiger partial charge is 0.461 e. The molecule has 0 bridgehead atoms. The molecule has 19 heavy (non-hydrogen) atoms. The molecular weight excluding hydrogens is 238 g/mol. The van der Waals surface area contributed by atoms with Crippen LogP contribution in [-0.2, 0) is 0 Å². The van der Waals surface area contributed by atoms with Gasteiger partial charge in [-0.05, 0) is 31.4 Å². The Labute approximate surface area is 113 Å². The van der Waals surface area contributed by atoms with Crippen LogP contribution in [0.5, 0.6) is 0 Å². The highest BCUT2D eigenvalue weighted by Gasteiger charge is 2.21. The number of hydrogen-bond acceptors (Lipinski definition) is 4. The first-order valence-electron chi connectivity index (χ1n) is 6.89. The monoisotopic (exact) mass is 257 g/mol. The molecule has 1 fully saturated rings. The van der Waals surface area contributed by atoms with Crippen molar-refractivity contribution in [2.45, 2.75) is 38.5 Å². The molecule has 1 N–H and O–H groups in total. The second-order valence-corrected chi connectivity index (χ2v) is 5.17. The van der Waals surface area contributed by atoms with Crippen molar-refractivity contribution in [1.82, 2.24) is 9.97 Å². The summed E-state index contributed by atoms with van der Waals surface area (Å²) in [6, 6.07) is 4.01. The van der Waals surface area contributed by atoms with Gasteiger partial charge in [0.1, 0.15) is 5.82 Å². The fourth-order valence-electron chi connectivity index (χ4n) is 2.73. The van der Waals surface area contributed by atoms with Crippen molar-refractivity contribution in [2.24, 2.45) is 0 Å². The summed E-state index contributed by atoms with van der Waals surface area (Å²) in [4.78, 5) is 9.23. The zero-order chi connectivity index (χ0) is 13.2. The van der Waals surface area contributed by atoms with Gasteiger partial charge in [0.05, 0.1) is 6.26 Å². The van der Waals surface area contributed by atoms with Crippen LogP contribution >= 0.6 is 0 Å². The third-order valence-corrected chi connectivity index (χ3v) is 3.84. The predicted octanol–water partition coefficient (Wildman–Crippen LogP) is 3.74. The second kappa shape index (κ2) is 5.03. The third kappa shape index (κ3) is 2.35. The van der Waals surface area contributed by atoms with Gasteiger partial charge < -0.3 is 9.73 Å². The number of furan rings is 1. The van der Waals surface area contributed by atoms with Crippen LogP contribution in [0.15, 0.2) is 22.8 Å². The normalized spacial score (nSPS) is 15.9. The molecule has 0 spiro atoms. The van der Waals surface area contributed by atoms with Crippen molar-refractivity contribution in [3.8, 4) is 11.6 Å². The van der Waals surface area contributed by atoms with Crippen molar-refractivity contribution in [2.75, 3.05) is 12.4 Å². The molecule has 1 saturated carbocycles. The number of anilines is 1. The molecule has 2 heterocycles. The first kappa shape index (κ1) is 12.2. The third-order valence-electron chi connectivity index (χ3n) is 3.84. The van der Waals surface area contributed by atoms with Crippen molar-refractivity contribution >= 4 is 5.82 Å². The van der Waals surface area contributed by atoms with Gasteiger partial charge >= 0.3 is 0 Å². The Morgan fingerprint density at radius 1 is 1.26 bits per heavy atom. The number of nitrogens with zero attached hydrogens (tertiary/aromatic N) is 2. The summed E-state index contributed by atoms with van der Waals surface area (Å²) in [5.41, 5.74) is 2.22. The average molecular weight is 257 g/mol. The van der Waals surface area contributed by atoms with E-state index < -0.39 is 0 Å². The van der Waals surface area contributed by atoms with E-state index in [0.29, 0.717) is 11.7 Å². The molecule has 3 rings (SSSR count). The van der Waals surface area contributed by atoms with Crippen molar-refractivity contribution in [1.29, 1.82) is 0 Å². The van der Waals surface area contributed by atoms with Crippen molar-refractivity contribution < 1.29 is 4.42 Å². The number of aryl methyl sites for hydroxylation is 1. The van der Waals surface area contributed by atoms with Gasteiger partial charge in [-0.15, -0.1) is 0 Å². The molecule has 1 aliphatic rings. The van der Waals surface area contributed by atoms with E-state index in [1.54, 1.807) is 6.26 Å².